The molecular weight excluding hydrogens is 348 g/mol. The number of likely N-dealkylation sites (N-methyl/N-ethyl adjacent to an activating group) is 1. The molecule has 1 N–H and O–H groups in total. The summed E-state index contributed by atoms with van der Waals surface area (Å²) in [6.45, 7) is 2.02. The van der Waals surface area contributed by atoms with Crippen LogP contribution in [0.3, 0.4) is 0 Å². The van der Waals surface area contributed by atoms with Crippen molar-refractivity contribution in [1.29, 1.82) is 0 Å². The summed E-state index contributed by atoms with van der Waals surface area (Å²) in [5.41, 5.74) is 1.10. The third kappa shape index (κ3) is 4.20. The van der Waals surface area contributed by atoms with E-state index >= 15 is 0 Å². The van der Waals surface area contributed by atoms with Crippen LogP contribution in [0.2, 0.25) is 0 Å². The summed E-state index contributed by atoms with van der Waals surface area (Å²) in [6.07, 6.45) is 2.33. The van der Waals surface area contributed by atoms with Gasteiger partial charge in [0, 0.05) is 30.8 Å². The maximum absolute atomic E-state index is 10.9. The maximum atomic E-state index is 10.9. The molecule has 0 aliphatic carbocycles. The lowest BCUT2D eigenvalue weighted by molar-refractivity contribution is -0.384. The van der Waals surface area contributed by atoms with Gasteiger partial charge in [0.05, 0.1) is 10.6 Å². The summed E-state index contributed by atoms with van der Waals surface area (Å²) in [5.74, 6) is 0.911. The van der Waals surface area contributed by atoms with Crippen LogP contribution in [-0.2, 0) is 6.42 Å². The molecule has 10 heteroatoms. The Hall–Kier alpha value is -2.78. The van der Waals surface area contributed by atoms with E-state index in [1.807, 2.05) is 14.0 Å². The molecule has 0 aliphatic heterocycles. The number of nitrogens with zero attached hydrogens (tertiary/aromatic N) is 5. The number of non-ortho nitro benzene ring substituents is 1. The summed E-state index contributed by atoms with van der Waals surface area (Å²) in [5, 5.41) is 22.3. The lowest BCUT2D eigenvalue weighted by atomic mass is 10.2. The van der Waals surface area contributed by atoms with Crippen LogP contribution < -0.4 is 5.32 Å². The van der Waals surface area contributed by atoms with E-state index in [2.05, 4.69) is 20.6 Å². The van der Waals surface area contributed by atoms with Crippen LogP contribution in [0.25, 0.3) is 17.3 Å². The van der Waals surface area contributed by atoms with Gasteiger partial charge in [-0.05, 0) is 26.1 Å². The fourth-order valence-corrected chi connectivity index (χ4v) is 2.15. The Bertz CT molecular complexity index is 862. The first-order valence-electron chi connectivity index (χ1n) is 7.37. The van der Waals surface area contributed by atoms with Crippen LogP contribution in [-0.4, -0.2) is 37.9 Å². The lowest BCUT2D eigenvalue weighted by Crippen LogP contribution is -2.24. The number of nitro benzene ring substituents is 1. The Morgan fingerprint density at radius 1 is 1.40 bits per heavy atom. The normalized spacial score (nSPS) is 11.8. The topological polar surface area (TPSA) is 112 Å². The summed E-state index contributed by atoms with van der Waals surface area (Å²) >= 11 is 0. The molecule has 0 spiro atoms. The Kier molecular flexibility index (Phi) is 5.84. The fourth-order valence-electron chi connectivity index (χ4n) is 2.15. The highest BCUT2D eigenvalue weighted by atomic mass is 35.5. The third-order valence-electron chi connectivity index (χ3n) is 3.56. The van der Waals surface area contributed by atoms with Crippen molar-refractivity contribution in [2.24, 2.45) is 0 Å². The van der Waals surface area contributed by atoms with Gasteiger partial charge >= 0.3 is 0 Å². The Balaban J connectivity index is 0.00000225. The van der Waals surface area contributed by atoms with E-state index in [4.69, 9.17) is 4.52 Å². The predicted molar refractivity (Wildman–Crippen MR) is 93.0 cm³/mol. The van der Waals surface area contributed by atoms with Gasteiger partial charge in [-0.25, -0.2) is 4.68 Å². The smallest absolute Gasteiger partial charge is 0.278 e. The summed E-state index contributed by atoms with van der Waals surface area (Å²) < 4.78 is 6.76. The van der Waals surface area contributed by atoms with Crippen LogP contribution in [0, 0.1) is 10.1 Å². The van der Waals surface area contributed by atoms with E-state index in [1.165, 1.54) is 16.8 Å². The molecule has 0 amide bonds. The van der Waals surface area contributed by atoms with E-state index in [1.54, 1.807) is 24.4 Å². The van der Waals surface area contributed by atoms with Crippen molar-refractivity contribution in [3.63, 3.8) is 0 Å². The predicted octanol–water partition coefficient (Wildman–Crippen LogP) is 2.40. The van der Waals surface area contributed by atoms with E-state index in [0.29, 0.717) is 29.5 Å². The van der Waals surface area contributed by atoms with Crippen molar-refractivity contribution in [2.45, 2.75) is 19.4 Å². The molecule has 3 rings (SSSR count). The van der Waals surface area contributed by atoms with Gasteiger partial charge in [-0.15, -0.1) is 12.4 Å². The molecule has 0 saturated carbocycles. The third-order valence-corrected chi connectivity index (χ3v) is 3.56. The molecule has 1 atom stereocenters. The summed E-state index contributed by atoms with van der Waals surface area (Å²) in [7, 11) is 1.87. The maximum Gasteiger partial charge on any atom is 0.278 e. The Morgan fingerprint density at radius 3 is 2.92 bits per heavy atom. The highest BCUT2D eigenvalue weighted by Crippen LogP contribution is 2.19. The summed E-state index contributed by atoms with van der Waals surface area (Å²) in [4.78, 5) is 14.7. The van der Waals surface area contributed by atoms with Crippen molar-refractivity contribution in [1.82, 2.24) is 25.2 Å². The first-order chi connectivity index (χ1) is 11.6. The molecule has 3 aromatic rings. The Morgan fingerprint density at radius 2 is 2.20 bits per heavy atom. The molecule has 0 bridgehead atoms. The molecule has 9 nitrogen and oxygen atoms in total. The SMILES string of the molecule is CNC(C)Cc1noc(-c2ccn(-c3cccc([N+](=O)[O-])c3)n2)n1.Cl. The zero-order chi connectivity index (χ0) is 17.1. The van der Waals surface area contributed by atoms with Crippen molar-refractivity contribution in [3.05, 3.63) is 52.5 Å². The minimum absolute atomic E-state index is 0. The largest absolute Gasteiger partial charge is 0.332 e. The van der Waals surface area contributed by atoms with Gasteiger partial charge in [0.1, 0.15) is 0 Å². The number of hydrogen-bond donors (Lipinski definition) is 1. The van der Waals surface area contributed by atoms with E-state index in [9.17, 15) is 10.1 Å². The van der Waals surface area contributed by atoms with E-state index < -0.39 is 4.92 Å². The van der Waals surface area contributed by atoms with Crippen molar-refractivity contribution < 1.29 is 9.45 Å². The number of halogens is 1. The fraction of sp³-hybridized carbons (Fsp3) is 0.267. The molecule has 25 heavy (non-hydrogen) atoms. The standard InChI is InChI=1S/C15H16N6O3.ClH/c1-10(16-2)8-14-17-15(24-19-14)13-6-7-20(18-13)11-4-3-5-12(9-11)21(22)23;/h3-7,9-10,16H,8H2,1-2H3;1H. The molecule has 2 heterocycles. The van der Waals surface area contributed by atoms with E-state index in [-0.39, 0.29) is 24.1 Å². The van der Waals surface area contributed by atoms with Gasteiger partial charge < -0.3 is 9.84 Å². The molecule has 0 fully saturated rings. The molecule has 0 aliphatic rings. The molecule has 132 valence electrons. The van der Waals surface area contributed by atoms with E-state index in [0.717, 1.165) is 0 Å². The van der Waals surface area contributed by atoms with Gasteiger partial charge in [-0.1, -0.05) is 11.2 Å². The highest BCUT2D eigenvalue weighted by molar-refractivity contribution is 5.85. The van der Waals surface area contributed by atoms with Crippen molar-refractivity contribution in [3.8, 4) is 17.3 Å². The van der Waals surface area contributed by atoms with Crippen LogP contribution in [0.5, 0.6) is 0 Å². The zero-order valence-electron chi connectivity index (χ0n) is 13.6. The van der Waals surface area contributed by atoms with Gasteiger partial charge in [-0.2, -0.15) is 10.1 Å². The zero-order valence-corrected chi connectivity index (χ0v) is 14.4. The molecule has 0 radical (unpaired) electrons. The van der Waals surface area contributed by atoms with Crippen molar-refractivity contribution in [2.75, 3.05) is 7.05 Å². The van der Waals surface area contributed by atoms with Crippen LogP contribution in [0.4, 0.5) is 5.69 Å². The molecule has 1 aromatic carbocycles. The molecule has 1 unspecified atom stereocenters. The van der Waals surface area contributed by atoms with Crippen LogP contribution in [0.15, 0.2) is 41.1 Å². The van der Waals surface area contributed by atoms with Gasteiger partial charge in [0.2, 0.25) is 0 Å². The first-order valence-corrected chi connectivity index (χ1v) is 7.37. The average Bonchev–Trinajstić information content (AvgIpc) is 3.24. The van der Waals surface area contributed by atoms with Gasteiger partial charge in [0.25, 0.3) is 11.6 Å². The summed E-state index contributed by atoms with van der Waals surface area (Å²) in [6, 6.07) is 8.18. The van der Waals surface area contributed by atoms with Gasteiger partial charge in [0.15, 0.2) is 11.5 Å². The molecular formula is C15H17ClN6O3. The minimum atomic E-state index is -0.443. The average molecular weight is 365 g/mol. The van der Waals surface area contributed by atoms with Crippen LogP contribution in [0.1, 0.15) is 12.7 Å². The van der Waals surface area contributed by atoms with Crippen molar-refractivity contribution >= 4 is 18.1 Å². The number of benzene rings is 1. The van der Waals surface area contributed by atoms with Crippen LogP contribution >= 0.6 is 12.4 Å². The molecule has 2 aromatic heterocycles. The lowest BCUT2D eigenvalue weighted by Gasteiger charge is -2.04. The highest BCUT2D eigenvalue weighted by Gasteiger charge is 2.14. The number of nitrogens with one attached hydrogen (secondary N) is 1. The Labute approximate surface area is 149 Å². The number of nitro groups is 1. The minimum Gasteiger partial charge on any atom is -0.332 e. The monoisotopic (exact) mass is 364 g/mol. The number of rotatable bonds is 6. The number of aromatic nitrogens is 4. The van der Waals surface area contributed by atoms with Gasteiger partial charge in [-0.3, -0.25) is 10.1 Å². The number of hydrogen-bond acceptors (Lipinski definition) is 7. The first kappa shape index (κ1) is 18.6. The second kappa shape index (κ2) is 7.86. The molecule has 0 saturated heterocycles. The second-order valence-corrected chi connectivity index (χ2v) is 5.33. The quantitative estimate of drug-likeness (QED) is 0.527. The second-order valence-electron chi connectivity index (χ2n) is 5.33.